The molecule has 0 fully saturated rings. The summed E-state index contributed by atoms with van der Waals surface area (Å²) in [5.41, 5.74) is 7.73. The van der Waals surface area contributed by atoms with Crippen molar-refractivity contribution in [1.29, 1.82) is 0 Å². The van der Waals surface area contributed by atoms with Gasteiger partial charge in [-0.3, -0.25) is 4.79 Å². The fourth-order valence-corrected chi connectivity index (χ4v) is 2.21. The monoisotopic (exact) mass is 248 g/mol. The van der Waals surface area contributed by atoms with Crippen molar-refractivity contribution in [3.63, 3.8) is 0 Å². The van der Waals surface area contributed by atoms with Crippen LogP contribution in [-0.4, -0.2) is 18.6 Å². The molecule has 4 heteroatoms. The molecule has 1 amide bonds. The van der Waals surface area contributed by atoms with E-state index in [1.165, 1.54) is 0 Å². The maximum Gasteiger partial charge on any atom is 0.268 e. The highest BCUT2D eigenvalue weighted by molar-refractivity contribution is 6.00. The Bertz CT molecular complexity index is 457. The summed E-state index contributed by atoms with van der Waals surface area (Å²) < 4.78 is 5.73. The lowest BCUT2D eigenvalue weighted by Gasteiger charge is -2.33. The van der Waals surface area contributed by atoms with Crippen LogP contribution >= 0.6 is 0 Å². The summed E-state index contributed by atoms with van der Waals surface area (Å²) in [6.45, 7) is 6.50. The van der Waals surface area contributed by atoms with Crippen LogP contribution in [0.3, 0.4) is 0 Å². The van der Waals surface area contributed by atoms with Crippen LogP contribution in [0.4, 0.5) is 5.69 Å². The first-order valence-corrected chi connectivity index (χ1v) is 6.46. The largest absolute Gasteiger partial charge is 0.478 e. The summed E-state index contributed by atoms with van der Waals surface area (Å²) in [6, 6.07) is 5.77. The number of hydrogen-bond acceptors (Lipinski definition) is 3. The van der Waals surface area contributed by atoms with Crippen LogP contribution in [0.15, 0.2) is 18.2 Å². The second-order valence-electron chi connectivity index (χ2n) is 4.61. The van der Waals surface area contributed by atoms with Gasteiger partial charge in [0.15, 0.2) is 6.10 Å². The predicted molar refractivity (Wildman–Crippen MR) is 71.8 cm³/mol. The van der Waals surface area contributed by atoms with Crippen molar-refractivity contribution >= 4 is 11.6 Å². The molecule has 98 valence electrons. The quantitative estimate of drug-likeness (QED) is 0.892. The van der Waals surface area contributed by atoms with Gasteiger partial charge >= 0.3 is 0 Å². The van der Waals surface area contributed by atoms with Gasteiger partial charge < -0.3 is 15.4 Å². The van der Waals surface area contributed by atoms with Crippen molar-refractivity contribution in [3.8, 4) is 5.75 Å². The van der Waals surface area contributed by atoms with Crippen LogP contribution in [0.2, 0.25) is 0 Å². The molecule has 0 saturated heterocycles. The summed E-state index contributed by atoms with van der Waals surface area (Å²) in [5, 5.41) is 0. The van der Waals surface area contributed by atoms with E-state index in [2.05, 4.69) is 0 Å². The molecule has 0 spiro atoms. The average Bonchev–Trinajstić information content (AvgIpc) is 2.37. The van der Waals surface area contributed by atoms with E-state index in [1.807, 2.05) is 39.0 Å². The van der Waals surface area contributed by atoms with Gasteiger partial charge in [0.2, 0.25) is 0 Å². The molecule has 0 bridgehead atoms. The van der Waals surface area contributed by atoms with E-state index >= 15 is 0 Å². The van der Waals surface area contributed by atoms with Crippen molar-refractivity contribution < 1.29 is 9.53 Å². The molecule has 0 aromatic heterocycles. The number of carbonyl (C=O) groups excluding carboxylic acids is 1. The van der Waals surface area contributed by atoms with Crippen LogP contribution in [0.5, 0.6) is 5.75 Å². The molecule has 18 heavy (non-hydrogen) atoms. The van der Waals surface area contributed by atoms with E-state index in [-0.39, 0.29) is 18.1 Å². The Labute approximate surface area is 108 Å². The minimum Gasteiger partial charge on any atom is -0.478 e. The van der Waals surface area contributed by atoms with Gasteiger partial charge in [-0.05, 0) is 38.0 Å². The van der Waals surface area contributed by atoms with Crippen LogP contribution in [-0.2, 0) is 4.79 Å². The van der Waals surface area contributed by atoms with Crippen molar-refractivity contribution in [2.24, 2.45) is 5.73 Å². The molecule has 1 heterocycles. The molecular formula is C14H20N2O2. The zero-order valence-corrected chi connectivity index (χ0v) is 11.1. The third kappa shape index (κ3) is 2.08. The van der Waals surface area contributed by atoms with E-state index in [4.69, 9.17) is 10.5 Å². The third-order valence-corrected chi connectivity index (χ3v) is 3.30. The number of nitrogens with two attached hydrogens (primary N) is 1. The first kappa shape index (κ1) is 12.9. The average molecular weight is 248 g/mol. The number of nitrogens with zero attached hydrogens (tertiary/aromatic N) is 1. The lowest BCUT2D eigenvalue weighted by Crippen LogP contribution is -2.45. The van der Waals surface area contributed by atoms with Crippen molar-refractivity contribution in [2.75, 3.05) is 11.4 Å². The maximum absolute atomic E-state index is 12.2. The van der Waals surface area contributed by atoms with E-state index in [0.717, 1.165) is 17.0 Å². The lowest BCUT2D eigenvalue weighted by atomic mass is 10.1. The third-order valence-electron chi connectivity index (χ3n) is 3.30. The van der Waals surface area contributed by atoms with Crippen LogP contribution in [0.1, 0.15) is 38.8 Å². The SMILES string of the molecule is CCC1Oc2ccc(C(C)N)cc2N(CC)C1=O. The summed E-state index contributed by atoms with van der Waals surface area (Å²) in [7, 11) is 0. The Morgan fingerprint density at radius 2 is 2.17 bits per heavy atom. The van der Waals surface area contributed by atoms with Gasteiger partial charge in [-0.2, -0.15) is 0 Å². The normalized spacial score (nSPS) is 20.3. The van der Waals surface area contributed by atoms with Gasteiger partial charge in [0.25, 0.3) is 5.91 Å². The van der Waals surface area contributed by atoms with E-state index < -0.39 is 0 Å². The number of likely N-dealkylation sites (N-methyl/N-ethyl adjacent to an activating group) is 1. The minimum atomic E-state index is -0.362. The number of hydrogen-bond donors (Lipinski definition) is 1. The molecule has 2 N–H and O–H groups in total. The number of amides is 1. The van der Waals surface area contributed by atoms with Crippen LogP contribution in [0, 0.1) is 0 Å². The molecule has 1 aromatic carbocycles. The standard InChI is InChI=1S/C14H20N2O2/c1-4-12-14(17)16(5-2)11-8-10(9(3)15)6-7-13(11)18-12/h6-9,12H,4-5,15H2,1-3H3. The number of ether oxygens (including phenoxy) is 1. The highest BCUT2D eigenvalue weighted by atomic mass is 16.5. The number of fused-ring (bicyclic) bond motifs is 1. The Kier molecular flexibility index (Phi) is 3.57. The molecular weight excluding hydrogens is 228 g/mol. The molecule has 0 radical (unpaired) electrons. The zero-order valence-electron chi connectivity index (χ0n) is 11.1. The maximum atomic E-state index is 12.2. The highest BCUT2D eigenvalue weighted by Gasteiger charge is 2.32. The number of carbonyl (C=O) groups is 1. The van der Waals surface area contributed by atoms with Crippen LogP contribution in [0.25, 0.3) is 0 Å². The molecule has 1 aromatic rings. The minimum absolute atomic E-state index is 0.0364. The Morgan fingerprint density at radius 3 is 2.72 bits per heavy atom. The van der Waals surface area contributed by atoms with Gasteiger partial charge in [0, 0.05) is 12.6 Å². The van der Waals surface area contributed by atoms with Gasteiger partial charge in [0.05, 0.1) is 5.69 Å². The number of rotatable bonds is 3. The predicted octanol–water partition coefficient (Wildman–Crippen LogP) is 2.23. The van der Waals surface area contributed by atoms with Crippen molar-refractivity contribution in [3.05, 3.63) is 23.8 Å². The molecule has 1 aliphatic heterocycles. The van der Waals surface area contributed by atoms with Crippen LogP contribution < -0.4 is 15.4 Å². The van der Waals surface area contributed by atoms with Crippen molar-refractivity contribution in [2.45, 2.75) is 39.3 Å². The van der Waals surface area contributed by atoms with Gasteiger partial charge in [-0.1, -0.05) is 13.0 Å². The van der Waals surface area contributed by atoms with Gasteiger partial charge in [-0.25, -0.2) is 0 Å². The number of anilines is 1. The van der Waals surface area contributed by atoms with Gasteiger partial charge in [0.1, 0.15) is 5.75 Å². The Hall–Kier alpha value is -1.55. The lowest BCUT2D eigenvalue weighted by molar-refractivity contribution is -0.126. The molecule has 0 saturated carbocycles. The van der Waals surface area contributed by atoms with E-state index in [9.17, 15) is 4.79 Å². The summed E-state index contributed by atoms with van der Waals surface area (Å²) >= 11 is 0. The Morgan fingerprint density at radius 1 is 1.44 bits per heavy atom. The second-order valence-corrected chi connectivity index (χ2v) is 4.61. The fourth-order valence-electron chi connectivity index (χ4n) is 2.21. The molecule has 2 unspecified atom stereocenters. The Balaban J connectivity index is 2.46. The second kappa shape index (κ2) is 4.98. The fraction of sp³-hybridized carbons (Fsp3) is 0.500. The molecule has 4 nitrogen and oxygen atoms in total. The summed E-state index contributed by atoms with van der Waals surface area (Å²) in [5.74, 6) is 0.807. The summed E-state index contributed by atoms with van der Waals surface area (Å²) in [4.78, 5) is 14.0. The van der Waals surface area contributed by atoms with E-state index in [1.54, 1.807) is 4.90 Å². The highest BCUT2D eigenvalue weighted by Crippen LogP contribution is 2.36. The van der Waals surface area contributed by atoms with E-state index in [0.29, 0.717) is 13.0 Å². The first-order valence-electron chi connectivity index (χ1n) is 6.46. The molecule has 2 atom stereocenters. The zero-order chi connectivity index (χ0) is 13.3. The molecule has 1 aliphatic rings. The molecule has 2 rings (SSSR count). The first-order chi connectivity index (χ1) is 8.58. The molecule has 0 aliphatic carbocycles. The van der Waals surface area contributed by atoms with Gasteiger partial charge in [-0.15, -0.1) is 0 Å². The number of benzene rings is 1. The smallest absolute Gasteiger partial charge is 0.268 e. The van der Waals surface area contributed by atoms with Crippen molar-refractivity contribution in [1.82, 2.24) is 0 Å². The summed E-state index contributed by atoms with van der Waals surface area (Å²) in [6.07, 6.45) is 0.322. The topological polar surface area (TPSA) is 55.6 Å².